The molecule has 1 aromatic carbocycles. The van der Waals surface area contributed by atoms with Crippen LogP contribution < -0.4 is 0 Å². The second-order valence-corrected chi connectivity index (χ2v) is 1.73. The lowest BCUT2D eigenvalue weighted by atomic mass is 10.2. The second kappa shape index (κ2) is 3.67. The fourth-order valence-corrected chi connectivity index (χ4v) is 0.597. The lowest BCUT2D eigenvalue weighted by molar-refractivity contribution is 0.215. The van der Waals surface area contributed by atoms with Crippen molar-refractivity contribution in [1.29, 1.82) is 0 Å². The minimum atomic E-state index is 0.921. The van der Waals surface area contributed by atoms with Crippen molar-refractivity contribution >= 4 is 6.21 Å². The maximum atomic E-state index is 4.50. The average Bonchev–Trinajstić information content (AvgIpc) is 2.03. The summed E-state index contributed by atoms with van der Waals surface area (Å²) in [5, 5.41) is 3.59. The van der Waals surface area contributed by atoms with E-state index in [-0.39, 0.29) is 0 Å². The highest BCUT2D eigenvalue weighted by Gasteiger charge is 1.81. The third kappa shape index (κ3) is 1.90. The van der Waals surface area contributed by atoms with Gasteiger partial charge >= 0.3 is 0 Å². The second-order valence-electron chi connectivity index (χ2n) is 1.73. The standard InChI is InChI=1S/C8H8NO/c1-10-9-7-8-5-3-2-4-6-8/h2-5,7H,1H3/b9-7-. The van der Waals surface area contributed by atoms with Crippen LogP contribution in [0, 0.1) is 6.07 Å². The molecule has 0 amide bonds. The molecule has 0 aliphatic rings. The van der Waals surface area contributed by atoms with E-state index in [2.05, 4.69) is 16.1 Å². The maximum absolute atomic E-state index is 4.50. The predicted molar refractivity (Wildman–Crippen MR) is 39.9 cm³/mol. The van der Waals surface area contributed by atoms with Crippen molar-refractivity contribution in [1.82, 2.24) is 0 Å². The van der Waals surface area contributed by atoms with Crippen LogP contribution in [0.1, 0.15) is 5.56 Å². The van der Waals surface area contributed by atoms with Gasteiger partial charge in [0.2, 0.25) is 0 Å². The van der Waals surface area contributed by atoms with Gasteiger partial charge in [0, 0.05) is 5.56 Å². The summed E-state index contributed by atoms with van der Waals surface area (Å²) in [4.78, 5) is 4.50. The summed E-state index contributed by atoms with van der Waals surface area (Å²) in [6.07, 6.45) is 1.61. The van der Waals surface area contributed by atoms with Crippen molar-refractivity contribution in [2.45, 2.75) is 0 Å². The Morgan fingerprint density at radius 1 is 1.60 bits per heavy atom. The summed E-state index contributed by atoms with van der Waals surface area (Å²) < 4.78 is 0. The van der Waals surface area contributed by atoms with E-state index >= 15 is 0 Å². The molecule has 0 unspecified atom stereocenters. The van der Waals surface area contributed by atoms with Crippen LogP contribution in [0.15, 0.2) is 29.4 Å². The van der Waals surface area contributed by atoms with Gasteiger partial charge in [0.1, 0.15) is 7.11 Å². The van der Waals surface area contributed by atoms with Gasteiger partial charge in [-0.3, -0.25) is 0 Å². The summed E-state index contributed by atoms with van der Waals surface area (Å²) in [5.74, 6) is 0. The van der Waals surface area contributed by atoms with Gasteiger partial charge in [0.15, 0.2) is 0 Å². The first-order valence-corrected chi connectivity index (χ1v) is 2.97. The van der Waals surface area contributed by atoms with Gasteiger partial charge in [0.05, 0.1) is 6.21 Å². The zero-order valence-corrected chi connectivity index (χ0v) is 5.74. The van der Waals surface area contributed by atoms with Crippen LogP contribution in [0.5, 0.6) is 0 Å². The summed E-state index contributed by atoms with van der Waals surface area (Å²) in [6, 6.07) is 10.5. The molecule has 0 fully saturated rings. The molecule has 0 bridgehead atoms. The number of oxime groups is 1. The van der Waals surface area contributed by atoms with Crippen molar-refractivity contribution in [2.75, 3.05) is 7.11 Å². The molecule has 2 heteroatoms. The van der Waals surface area contributed by atoms with Crippen molar-refractivity contribution in [3.05, 3.63) is 35.9 Å². The number of rotatable bonds is 2. The van der Waals surface area contributed by atoms with Gasteiger partial charge in [-0.2, -0.15) is 0 Å². The Hall–Kier alpha value is -1.31. The summed E-state index contributed by atoms with van der Waals surface area (Å²) in [7, 11) is 1.51. The molecule has 1 rings (SSSR count). The Morgan fingerprint density at radius 2 is 2.50 bits per heavy atom. The highest BCUT2D eigenvalue weighted by Crippen LogP contribution is 1.92. The molecule has 51 valence electrons. The fourth-order valence-electron chi connectivity index (χ4n) is 0.597. The quantitative estimate of drug-likeness (QED) is 0.443. The Morgan fingerprint density at radius 3 is 3.10 bits per heavy atom. The summed E-state index contributed by atoms with van der Waals surface area (Å²) >= 11 is 0. The minimum absolute atomic E-state index is 0.921. The van der Waals surface area contributed by atoms with Crippen molar-refractivity contribution in [3.8, 4) is 0 Å². The molecular weight excluding hydrogens is 126 g/mol. The first kappa shape index (κ1) is 6.81. The van der Waals surface area contributed by atoms with Crippen LogP contribution in [0.25, 0.3) is 0 Å². The zero-order chi connectivity index (χ0) is 7.23. The van der Waals surface area contributed by atoms with E-state index in [4.69, 9.17) is 0 Å². The van der Waals surface area contributed by atoms with Crippen LogP contribution in [-0.4, -0.2) is 13.3 Å². The third-order valence-electron chi connectivity index (χ3n) is 1.03. The van der Waals surface area contributed by atoms with Gasteiger partial charge in [-0.05, 0) is 6.07 Å². The van der Waals surface area contributed by atoms with Crippen molar-refractivity contribution in [2.24, 2.45) is 5.16 Å². The number of hydrogen-bond donors (Lipinski definition) is 0. The topological polar surface area (TPSA) is 21.6 Å². The van der Waals surface area contributed by atoms with Crippen LogP contribution in [0.3, 0.4) is 0 Å². The third-order valence-corrected chi connectivity index (χ3v) is 1.03. The molecule has 0 aliphatic heterocycles. The van der Waals surface area contributed by atoms with Crippen molar-refractivity contribution in [3.63, 3.8) is 0 Å². The average molecular weight is 134 g/mol. The zero-order valence-electron chi connectivity index (χ0n) is 5.74. The van der Waals surface area contributed by atoms with Gasteiger partial charge in [-0.1, -0.05) is 29.4 Å². The molecule has 0 atom stereocenters. The molecule has 0 N–H and O–H groups in total. The number of nitrogens with zero attached hydrogens (tertiary/aromatic N) is 1. The molecule has 0 aromatic heterocycles. The van der Waals surface area contributed by atoms with E-state index in [0.29, 0.717) is 0 Å². The number of benzene rings is 1. The van der Waals surface area contributed by atoms with Gasteiger partial charge < -0.3 is 4.84 Å². The SMILES string of the molecule is CO/N=C\c1[c]cccc1. The van der Waals surface area contributed by atoms with E-state index < -0.39 is 0 Å². The smallest absolute Gasteiger partial charge is 0.106 e. The highest BCUT2D eigenvalue weighted by molar-refractivity contribution is 5.78. The molecule has 2 nitrogen and oxygen atoms in total. The molecule has 0 aliphatic carbocycles. The molecule has 1 aromatic rings. The van der Waals surface area contributed by atoms with Crippen LogP contribution in [0.2, 0.25) is 0 Å². The van der Waals surface area contributed by atoms with Crippen LogP contribution in [-0.2, 0) is 4.84 Å². The lowest BCUT2D eigenvalue weighted by Gasteiger charge is -1.87. The van der Waals surface area contributed by atoms with E-state index in [1.54, 1.807) is 6.21 Å². The van der Waals surface area contributed by atoms with Gasteiger partial charge in [-0.15, -0.1) is 0 Å². The largest absolute Gasteiger partial charge is 0.399 e. The predicted octanol–water partition coefficient (Wildman–Crippen LogP) is 1.47. The van der Waals surface area contributed by atoms with E-state index in [1.807, 2.05) is 24.3 Å². The molecule has 1 radical (unpaired) electrons. The normalized spacial score (nSPS) is 10.1. The van der Waals surface area contributed by atoms with Crippen LogP contribution in [0.4, 0.5) is 0 Å². The van der Waals surface area contributed by atoms with Crippen LogP contribution >= 0.6 is 0 Å². The maximum Gasteiger partial charge on any atom is 0.106 e. The lowest BCUT2D eigenvalue weighted by Crippen LogP contribution is -1.79. The Labute approximate surface area is 60.1 Å². The van der Waals surface area contributed by atoms with E-state index in [0.717, 1.165) is 5.56 Å². The molecule has 0 spiro atoms. The number of hydrogen-bond acceptors (Lipinski definition) is 2. The Balaban J connectivity index is 2.67. The monoisotopic (exact) mass is 134 g/mol. The first-order valence-electron chi connectivity index (χ1n) is 2.97. The molecule has 10 heavy (non-hydrogen) atoms. The minimum Gasteiger partial charge on any atom is -0.399 e. The summed E-state index contributed by atoms with van der Waals surface area (Å²) in [5.41, 5.74) is 0.921. The molecular formula is C8H8NO. The fraction of sp³-hybridized carbons (Fsp3) is 0.125. The summed E-state index contributed by atoms with van der Waals surface area (Å²) in [6.45, 7) is 0. The van der Waals surface area contributed by atoms with Gasteiger partial charge in [0.25, 0.3) is 0 Å². The molecule has 0 saturated carbocycles. The van der Waals surface area contributed by atoms with E-state index in [1.165, 1.54) is 7.11 Å². The molecule has 0 saturated heterocycles. The highest BCUT2D eigenvalue weighted by atomic mass is 16.6. The van der Waals surface area contributed by atoms with Gasteiger partial charge in [-0.25, -0.2) is 0 Å². The van der Waals surface area contributed by atoms with E-state index in [9.17, 15) is 0 Å². The molecule has 0 heterocycles. The Kier molecular flexibility index (Phi) is 2.49. The Bertz CT molecular complexity index is 206. The first-order chi connectivity index (χ1) is 4.93. The van der Waals surface area contributed by atoms with Crippen molar-refractivity contribution < 1.29 is 4.84 Å².